The summed E-state index contributed by atoms with van der Waals surface area (Å²) < 4.78 is 26.2. The quantitative estimate of drug-likeness (QED) is 0.193. The summed E-state index contributed by atoms with van der Waals surface area (Å²) in [4.78, 5) is 1.13. The third kappa shape index (κ3) is 10.7. The molecule has 0 spiro atoms. The first-order valence-corrected chi connectivity index (χ1v) is 2.45. The average molecular weight is 129 g/mol. The van der Waals surface area contributed by atoms with Crippen LogP contribution in [0.1, 0.15) is 0 Å². The Hall–Kier alpha value is -0.210. The average Bonchev–Trinajstić information content (AvgIpc) is 1.35. The van der Waals surface area contributed by atoms with E-state index >= 15 is 0 Å². The number of rotatable bonds is 1. The minimum absolute atomic E-state index is 0. The maximum absolute atomic E-state index is 9.32. The van der Waals surface area contributed by atoms with Gasteiger partial charge in [-0.05, 0) is 0 Å². The van der Waals surface area contributed by atoms with Gasteiger partial charge in [0.1, 0.15) is 0 Å². The van der Waals surface area contributed by atoms with Crippen molar-refractivity contribution in [2.45, 2.75) is 0 Å². The zero-order valence-electron chi connectivity index (χ0n) is 3.46. The minimum Gasteiger partial charge on any atom is -0.344 e. The van der Waals surface area contributed by atoms with Crippen LogP contribution in [0.25, 0.3) is 0 Å². The molecule has 0 aromatic rings. The van der Waals surface area contributed by atoms with Crippen molar-refractivity contribution in [2.75, 3.05) is 0 Å². The van der Waals surface area contributed by atoms with Crippen molar-refractivity contribution in [3.8, 4) is 0 Å². The Balaban J connectivity index is 0. The van der Waals surface area contributed by atoms with E-state index in [1.54, 1.807) is 0 Å². The molecule has 0 aromatic carbocycles. The zero-order valence-corrected chi connectivity index (χ0v) is 4.27. The van der Waals surface area contributed by atoms with Gasteiger partial charge in [0, 0.05) is 0 Å². The molecule has 0 radical (unpaired) electrons. The Morgan fingerprint density at radius 2 is 1.71 bits per heavy atom. The van der Waals surface area contributed by atoms with E-state index < -0.39 is 10.3 Å². The highest BCUT2D eigenvalue weighted by molar-refractivity contribution is 7.83. The molecule has 0 fully saturated rings. The summed E-state index contributed by atoms with van der Waals surface area (Å²) in [6.45, 7) is 0. The molecule has 0 unspecified atom stereocenters. The predicted molar refractivity (Wildman–Crippen MR) is 23.9 cm³/mol. The van der Waals surface area contributed by atoms with E-state index in [1.165, 1.54) is 0 Å². The van der Waals surface area contributed by atoms with Crippen LogP contribution in [0.4, 0.5) is 0 Å². The Bertz CT molecular complexity index is 112. The fourth-order valence-corrected chi connectivity index (χ4v) is 0. The molecule has 6 nitrogen and oxygen atoms in total. The van der Waals surface area contributed by atoms with E-state index in [1.807, 2.05) is 0 Å². The van der Waals surface area contributed by atoms with Gasteiger partial charge in [-0.3, -0.25) is 10.4 Å². The largest absolute Gasteiger partial charge is 0.346 e. The van der Waals surface area contributed by atoms with Gasteiger partial charge in [0.2, 0.25) is 0 Å². The Kier molecular flexibility index (Phi) is 4.08. The van der Waals surface area contributed by atoms with Gasteiger partial charge >= 0.3 is 10.3 Å². The normalized spacial score (nSPS) is 10.0. The summed E-state index contributed by atoms with van der Waals surface area (Å²) in [6, 6.07) is 0. The molecule has 46 valence electrons. The first-order chi connectivity index (χ1) is 2.56. The lowest BCUT2D eigenvalue weighted by Gasteiger charge is -1.83. The van der Waals surface area contributed by atoms with Crippen LogP contribution >= 0.6 is 0 Å². The first kappa shape index (κ1) is 9.92. The standard InChI is InChI=1S/H4N2O3S.H3N/c1-2-6(3,4)5;/h2H,1H2,(H,3,4,5);1H3. The lowest BCUT2D eigenvalue weighted by molar-refractivity contribution is 0.469. The molecule has 0 aromatic heterocycles. The molecule has 0 saturated carbocycles. The highest BCUT2D eigenvalue weighted by Gasteiger charge is 1.91. The highest BCUT2D eigenvalue weighted by atomic mass is 32.2. The van der Waals surface area contributed by atoms with Gasteiger partial charge in [-0.1, -0.05) is 0 Å². The van der Waals surface area contributed by atoms with Gasteiger partial charge in [-0.15, -0.1) is 4.83 Å². The maximum atomic E-state index is 9.32. The van der Waals surface area contributed by atoms with Crippen molar-refractivity contribution in [2.24, 2.45) is 5.84 Å². The van der Waals surface area contributed by atoms with Crippen LogP contribution in [0.5, 0.6) is 0 Å². The summed E-state index contributed by atoms with van der Waals surface area (Å²) in [6.07, 6.45) is 0. The van der Waals surface area contributed by atoms with Crippen LogP contribution in [0, 0.1) is 0 Å². The van der Waals surface area contributed by atoms with Gasteiger partial charge in [0.05, 0.1) is 0 Å². The highest BCUT2D eigenvalue weighted by Crippen LogP contribution is 1.58. The molecule has 7 N–H and O–H groups in total. The van der Waals surface area contributed by atoms with Crippen LogP contribution in [0.2, 0.25) is 0 Å². The van der Waals surface area contributed by atoms with Crippen LogP contribution in [0.3, 0.4) is 0 Å². The number of hydrazine groups is 1. The minimum atomic E-state index is -4.13. The number of nitrogens with two attached hydrogens (primary N) is 1. The van der Waals surface area contributed by atoms with Gasteiger partial charge in [0.25, 0.3) is 0 Å². The lowest BCUT2D eigenvalue weighted by Crippen LogP contribution is -2.29. The van der Waals surface area contributed by atoms with E-state index in [2.05, 4.69) is 5.84 Å². The first-order valence-electron chi connectivity index (χ1n) is 1.01. The van der Waals surface area contributed by atoms with E-state index in [0.717, 1.165) is 4.83 Å². The fraction of sp³-hybridized carbons (Fsp3) is 0. The van der Waals surface area contributed by atoms with Crippen molar-refractivity contribution in [3.63, 3.8) is 0 Å². The molecular weight excluding hydrogens is 122 g/mol. The summed E-state index contributed by atoms with van der Waals surface area (Å²) in [7, 11) is -4.13. The molecule has 0 aliphatic heterocycles. The second-order valence-electron chi connectivity index (χ2n) is 0.593. The lowest BCUT2D eigenvalue weighted by atomic mass is 13.0. The smallest absolute Gasteiger partial charge is 0.344 e. The third-order valence-electron chi connectivity index (χ3n) is 0.149. The fourth-order valence-electron chi connectivity index (χ4n) is 0. The number of hydrogen-bond donors (Lipinski definition) is 4. The molecule has 0 rings (SSSR count). The molecule has 7 heavy (non-hydrogen) atoms. The van der Waals surface area contributed by atoms with Crippen LogP contribution in [0.15, 0.2) is 0 Å². The molecule has 0 bridgehead atoms. The summed E-state index contributed by atoms with van der Waals surface area (Å²) in [5, 5.41) is 0. The molecule has 0 amide bonds. The number of nitrogens with one attached hydrogen (secondary N) is 1. The second-order valence-corrected chi connectivity index (χ2v) is 1.78. The van der Waals surface area contributed by atoms with E-state index in [9.17, 15) is 8.42 Å². The monoisotopic (exact) mass is 129 g/mol. The van der Waals surface area contributed by atoms with Gasteiger partial charge in [-0.25, -0.2) is 0 Å². The van der Waals surface area contributed by atoms with Crippen molar-refractivity contribution >= 4 is 10.3 Å². The van der Waals surface area contributed by atoms with Crippen LogP contribution in [-0.4, -0.2) is 13.0 Å². The SMILES string of the molecule is N.NNS(=O)(=O)O. The van der Waals surface area contributed by atoms with Gasteiger partial charge < -0.3 is 6.15 Å². The van der Waals surface area contributed by atoms with Crippen molar-refractivity contribution < 1.29 is 13.0 Å². The topological polar surface area (TPSA) is 127 Å². The summed E-state index contributed by atoms with van der Waals surface area (Å²) in [5.41, 5.74) is 0. The van der Waals surface area contributed by atoms with Crippen molar-refractivity contribution in [1.82, 2.24) is 11.0 Å². The van der Waals surface area contributed by atoms with Gasteiger partial charge in [0.15, 0.2) is 0 Å². The molecule has 0 saturated heterocycles. The summed E-state index contributed by atoms with van der Waals surface area (Å²) in [5.74, 6) is 4.22. The maximum Gasteiger partial charge on any atom is 0.346 e. The zero-order chi connectivity index (χ0) is 5.21. The Morgan fingerprint density at radius 3 is 1.71 bits per heavy atom. The van der Waals surface area contributed by atoms with E-state index in [0.29, 0.717) is 0 Å². The van der Waals surface area contributed by atoms with Crippen molar-refractivity contribution in [3.05, 3.63) is 0 Å². The number of hydrogen-bond acceptors (Lipinski definition) is 4. The van der Waals surface area contributed by atoms with Crippen LogP contribution < -0.4 is 16.8 Å². The van der Waals surface area contributed by atoms with Crippen LogP contribution in [-0.2, 0) is 10.3 Å². The van der Waals surface area contributed by atoms with Gasteiger partial charge in [-0.2, -0.15) is 8.42 Å². The summed E-state index contributed by atoms with van der Waals surface area (Å²) >= 11 is 0. The predicted octanol–water partition coefficient (Wildman–Crippen LogP) is -1.59. The Morgan fingerprint density at radius 1 is 1.57 bits per heavy atom. The molecular formula is H7N3O3S. The Labute approximate surface area is 41.1 Å². The second kappa shape index (κ2) is 2.88. The van der Waals surface area contributed by atoms with E-state index in [-0.39, 0.29) is 6.15 Å². The molecule has 0 aliphatic carbocycles. The third-order valence-corrected chi connectivity index (χ3v) is 0.447. The molecule has 0 heterocycles. The van der Waals surface area contributed by atoms with E-state index in [4.69, 9.17) is 4.55 Å². The molecule has 0 atom stereocenters. The molecule has 7 heteroatoms. The molecule has 0 aliphatic rings. The van der Waals surface area contributed by atoms with Crippen molar-refractivity contribution in [1.29, 1.82) is 0 Å².